The highest BCUT2D eigenvalue weighted by atomic mass is 19.4. The minimum absolute atomic E-state index is 0.0743. The number of primary amides is 1. The number of hydrogen-bond acceptors (Lipinski definition) is 2. The van der Waals surface area contributed by atoms with Gasteiger partial charge in [0.15, 0.2) is 0 Å². The molecule has 0 radical (unpaired) electrons. The van der Waals surface area contributed by atoms with Gasteiger partial charge in [0, 0.05) is 5.92 Å². The van der Waals surface area contributed by atoms with Crippen molar-refractivity contribution in [3.63, 3.8) is 0 Å². The first-order valence-electron chi connectivity index (χ1n) is 7.92. The summed E-state index contributed by atoms with van der Waals surface area (Å²) in [7, 11) is 0. The molecular formula is C17H21F3N2O2. The number of benzene rings is 1. The zero-order valence-electron chi connectivity index (χ0n) is 13.6. The molecule has 4 atom stereocenters. The molecule has 0 saturated heterocycles. The largest absolute Gasteiger partial charge is 0.416 e. The van der Waals surface area contributed by atoms with Gasteiger partial charge in [-0.1, -0.05) is 32.4 Å². The molecule has 1 saturated carbocycles. The van der Waals surface area contributed by atoms with Crippen molar-refractivity contribution in [3.05, 3.63) is 35.4 Å². The fraction of sp³-hybridized carbons (Fsp3) is 0.529. The average Bonchev–Trinajstić information content (AvgIpc) is 3.31. The first-order chi connectivity index (χ1) is 11.1. The number of rotatable bonds is 6. The van der Waals surface area contributed by atoms with E-state index in [2.05, 4.69) is 5.32 Å². The van der Waals surface area contributed by atoms with Crippen LogP contribution in [0, 0.1) is 11.8 Å². The summed E-state index contributed by atoms with van der Waals surface area (Å²) in [5.41, 5.74) is 5.31. The Balaban J connectivity index is 1.99. The number of carbonyl (C=O) groups excluding carboxylic acids is 2. The van der Waals surface area contributed by atoms with E-state index in [0.717, 1.165) is 12.1 Å². The van der Waals surface area contributed by atoms with Gasteiger partial charge >= 0.3 is 6.18 Å². The van der Waals surface area contributed by atoms with Crippen LogP contribution in [0.15, 0.2) is 24.3 Å². The molecule has 1 aliphatic rings. The Morgan fingerprint density at radius 1 is 1.29 bits per heavy atom. The van der Waals surface area contributed by atoms with Crippen LogP contribution in [0.25, 0.3) is 0 Å². The number of alkyl halides is 3. The van der Waals surface area contributed by atoms with Gasteiger partial charge in [0.25, 0.3) is 0 Å². The Morgan fingerprint density at radius 2 is 1.88 bits per heavy atom. The molecule has 1 aromatic rings. The lowest BCUT2D eigenvalue weighted by molar-refractivity contribution is -0.137. The monoisotopic (exact) mass is 342 g/mol. The Labute approximate surface area is 138 Å². The molecule has 2 rings (SSSR count). The van der Waals surface area contributed by atoms with Gasteiger partial charge in [0.2, 0.25) is 11.8 Å². The van der Waals surface area contributed by atoms with Crippen LogP contribution >= 0.6 is 0 Å². The molecule has 7 heteroatoms. The standard InChI is InChI=1S/C17H21F3N2O2/c1-3-9(2)14(15(21)23)22-16(24)13-8-12(13)10-4-6-11(7-5-10)17(18,19)20/h4-7,9,12-14H,3,8H2,1-2H3,(H2,21,23)(H,22,24). The molecule has 0 aliphatic heterocycles. The Kier molecular flexibility index (Phi) is 5.20. The van der Waals surface area contributed by atoms with Crippen LogP contribution in [0.4, 0.5) is 13.2 Å². The van der Waals surface area contributed by atoms with E-state index in [1.165, 1.54) is 12.1 Å². The predicted molar refractivity (Wildman–Crippen MR) is 82.9 cm³/mol. The van der Waals surface area contributed by atoms with Crippen LogP contribution in [-0.4, -0.2) is 17.9 Å². The van der Waals surface area contributed by atoms with Crippen LogP contribution in [0.2, 0.25) is 0 Å². The molecule has 0 bridgehead atoms. The van der Waals surface area contributed by atoms with E-state index >= 15 is 0 Å². The second kappa shape index (κ2) is 6.83. The normalized spacial score (nSPS) is 22.5. The number of hydrogen-bond donors (Lipinski definition) is 2. The maximum atomic E-state index is 12.6. The highest BCUT2D eigenvalue weighted by Crippen LogP contribution is 2.48. The molecule has 3 N–H and O–H groups in total. The van der Waals surface area contributed by atoms with Gasteiger partial charge in [-0.25, -0.2) is 0 Å². The van der Waals surface area contributed by atoms with E-state index in [1.807, 2.05) is 13.8 Å². The third kappa shape index (κ3) is 4.07. The maximum absolute atomic E-state index is 12.6. The molecule has 24 heavy (non-hydrogen) atoms. The summed E-state index contributed by atoms with van der Waals surface area (Å²) in [6, 6.07) is 4.13. The number of halogens is 3. The Hall–Kier alpha value is -2.05. The van der Waals surface area contributed by atoms with Crippen molar-refractivity contribution >= 4 is 11.8 Å². The van der Waals surface area contributed by atoms with Gasteiger partial charge < -0.3 is 11.1 Å². The molecule has 1 fully saturated rings. The minimum Gasteiger partial charge on any atom is -0.368 e. The summed E-state index contributed by atoms with van der Waals surface area (Å²) >= 11 is 0. The minimum atomic E-state index is -4.37. The van der Waals surface area contributed by atoms with E-state index in [0.29, 0.717) is 18.4 Å². The molecule has 4 nitrogen and oxygen atoms in total. The summed E-state index contributed by atoms with van der Waals surface area (Å²) in [5.74, 6) is -1.37. The van der Waals surface area contributed by atoms with E-state index < -0.39 is 23.7 Å². The Morgan fingerprint density at radius 3 is 2.33 bits per heavy atom. The third-order valence-electron chi connectivity index (χ3n) is 4.61. The zero-order chi connectivity index (χ0) is 18.1. The lowest BCUT2D eigenvalue weighted by atomic mass is 9.98. The van der Waals surface area contributed by atoms with Crippen molar-refractivity contribution in [1.29, 1.82) is 0 Å². The van der Waals surface area contributed by atoms with Gasteiger partial charge in [-0.05, 0) is 36.0 Å². The SMILES string of the molecule is CCC(C)C(NC(=O)C1CC1c1ccc(C(F)(F)F)cc1)C(N)=O. The molecule has 0 aromatic heterocycles. The first-order valence-corrected chi connectivity index (χ1v) is 7.92. The summed E-state index contributed by atoms with van der Waals surface area (Å²) in [5, 5.41) is 2.67. The van der Waals surface area contributed by atoms with E-state index in [1.54, 1.807) is 0 Å². The second-order valence-corrected chi connectivity index (χ2v) is 6.34. The van der Waals surface area contributed by atoms with Crippen molar-refractivity contribution in [1.82, 2.24) is 5.32 Å². The highest BCUT2D eigenvalue weighted by molar-refractivity contribution is 5.89. The van der Waals surface area contributed by atoms with Crippen molar-refractivity contribution in [2.75, 3.05) is 0 Å². The van der Waals surface area contributed by atoms with Gasteiger partial charge in [-0.3, -0.25) is 9.59 Å². The molecule has 1 aromatic carbocycles. The topological polar surface area (TPSA) is 72.2 Å². The van der Waals surface area contributed by atoms with Gasteiger partial charge in [0.1, 0.15) is 6.04 Å². The molecular weight excluding hydrogens is 321 g/mol. The van der Waals surface area contributed by atoms with Crippen LogP contribution < -0.4 is 11.1 Å². The van der Waals surface area contributed by atoms with E-state index in [4.69, 9.17) is 5.73 Å². The smallest absolute Gasteiger partial charge is 0.368 e. The number of nitrogens with one attached hydrogen (secondary N) is 1. The van der Waals surface area contributed by atoms with Gasteiger partial charge in [-0.2, -0.15) is 13.2 Å². The van der Waals surface area contributed by atoms with E-state index in [9.17, 15) is 22.8 Å². The fourth-order valence-corrected chi connectivity index (χ4v) is 2.76. The second-order valence-electron chi connectivity index (χ2n) is 6.34. The predicted octanol–water partition coefficient (Wildman–Crippen LogP) is 2.83. The zero-order valence-corrected chi connectivity index (χ0v) is 13.6. The molecule has 1 aliphatic carbocycles. The lowest BCUT2D eigenvalue weighted by Gasteiger charge is -2.21. The molecule has 4 unspecified atom stereocenters. The molecule has 0 spiro atoms. The summed E-state index contributed by atoms with van der Waals surface area (Å²) in [6.07, 6.45) is -3.12. The first kappa shape index (κ1) is 18.3. The van der Waals surface area contributed by atoms with Crippen LogP contribution in [0.3, 0.4) is 0 Å². The average molecular weight is 342 g/mol. The van der Waals surface area contributed by atoms with Crippen LogP contribution in [0.1, 0.15) is 43.7 Å². The van der Waals surface area contributed by atoms with Crippen LogP contribution in [-0.2, 0) is 15.8 Å². The van der Waals surface area contributed by atoms with E-state index in [-0.39, 0.29) is 23.7 Å². The maximum Gasteiger partial charge on any atom is 0.416 e. The summed E-state index contributed by atoms with van der Waals surface area (Å²) < 4.78 is 37.7. The molecule has 0 heterocycles. The molecule has 132 valence electrons. The highest BCUT2D eigenvalue weighted by Gasteiger charge is 2.45. The number of amides is 2. The Bertz CT molecular complexity index is 613. The van der Waals surface area contributed by atoms with Crippen molar-refractivity contribution < 1.29 is 22.8 Å². The number of nitrogens with two attached hydrogens (primary N) is 1. The summed E-state index contributed by atoms with van der Waals surface area (Å²) in [4.78, 5) is 23.7. The summed E-state index contributed by atoms with van der Waals surface area (Å²) in [6.45, 7) is 3.73. The molecule has 2 amide bonds. The van der Waals surface area contributed by atoms with Gasteiger partial charge in [-0.15, -0.1) is 0 Å². The van der Waals surface area contributed by atoms with Crippen molar-refractivity contribution in [2.24, 2.45) is 17.6 Å². The van der Waals surface area contributed by atoms with Crippen molar-refractivity contribution in [2.45, 2.75) is 44.8 Å². The third-order valence-corrected chi connectivity index (χ3v) is 4.61. The lowest BCUT2D eigenvalue weighted by Crippen LogP contribution is -2.48. The van der Waals surface area contributed by atoms with Crippen LogP contribution in [0.5, 0.6) is 0 Å². The van der Waals surface area contributed by atoms with Gasteiger partial charge in [0.05, 0.1) is 5.56 Å². The quantitative estimate of drug-likeness (QED) is 0.834. The number of carbonyl (C=O) groups is 2. The fourth-order valence-electron chi connectivity index (χ4n) is 2.76. The van der Waals surface area contributed by atoms with Crippen molar-refractivity contribution in [3.8, 4) is 0 Å².